The lowest BCUT2D eigenvalue weighted by atomic mass is 10.1. The molecule has 2 N–H and O–H groups in total. The fraction of sp³-hybridized carbons (Fsp3) is 0.286. The van der Waals surface area contributed by atoms with E-state index in [-0.39, 0.29) is 5.91 Å². The number of fused-ring (bicyclic) bond motifs is 2. The van der Waals surface area contributed by atoms with Crippen LogP contribution in [0.3, 0.4) is 0 Å². The summed E-state index contributed by atoms with van der Waals surface area (Å²) in [6.07, 6.45) is 4.86. The number of aromatic nitrogens is 1. The first-order valence-electron chi connectivity index (χ1n) is 9.15. The van der Waals surface area contributed by atoms with E-state index in [4.69, 9.17) is 21.1 Å². The zero-order valence-electron chi connectivity index (χ0n) is 14.9. The molecule has 3 aromatic rings. The predicted octanol–water partition coefficient (Wildman–Crippen LogP) is 4.94. The molecule has 0 spiro atoms. The highest BCUT2D eigenvalue weighted by Gasteiger charge is 2.15. The van der Waals surface area contributed by atoms with Gasteiger partial charge in [0.1, 0.15) is 0 Å². The number of rotatable bonds is 5. The van der Waals surface area contributed by atoms with Gasteiger partial charge in [-0.1, -0.05) is 29.8 Å². The number of H-pyrrole nitrogens is 1. The molecular formula is C21H21ClN2O3. The molecule has 0 bridgehead atoms. The molecule has 0 fully saturated rings. The van der Waals surface area contributed by atoms with Crippen LogP contribution in [-0.4, -0.2) is 24.1 Å². The lowest BCUT2D eigenvalue weighted by molar-refractivity contribution is -0.116. The van der Waals surface area contributed by atoms with Crippen molar-refractivity contribution >= 4 is 34.1 Å². The summed E-state index contributed by atoms with van der Waals surface area (Å²) in [6.45, 7) is 1.19. The Balaban J connectivity index is 1.36. The first kappa shape index (κ1) is 17.7. The van der Waals surface area contributed by atoms with Crippen LogP contribution in [0.4, 0.5) is 5.69 Å². The molecule has 0 saturated heterocycles. The van der Waals surface area contributed by atoms with Crippen molar-refractivity contribution in [3.05, 3.63) is 53.2 Å². The number of hydrogen-bond acceptors (Lipinski definition) is 3. The smallest absolute Gasteiger partial charge is 0.224 e. The van der Waals surface area contributed by atoms with Crippen LogP contribution in [0.25, 0.3) is 10.9 Å². The van der Waals surface area contributed by atoms with Crippen molar-refractivity contribution in [3.8, 4) is 11.5 Å². The third-order valence-corrected chi connectivity index (χ3v) is 4.95. The van der Waals surface area contributed by atoms with E-state index >= 15 is 0 Å². The third kappa shape index (κ3) is 4.03. The molecule has 140 valence electrons. The molecule has 27 heavy (non-hydrogen) atoms. The normalized spacial score (nSPS) is 13.4. The SMILES string of the molecule is O=C(CCCc1c[nH]c2ccccc12)Nc1cc2c(cc1Cl)OCCCO2. The molecule has 1 aliphatic heterocycles. The molecule has 2 aromatic carbocycles. The highest BCUT2D eigenvalue weighted by atomic mass is 35.5. The van der Waals surface area contributed by atoms with Gasteiger partial charge in [-0.05, 0) is 24.5 Å². The van der Waals surface area contributed by atoms with E-state index in [0.29, 0.717) is 41.8 Å². The summed E-state index contributed by atoms with van der Waals surface area (Å²) in [5.41, 5.74) is 2.90. The first-order valence-corrected chi connectivity index (χ1v) is 9.52. The summed E-state index contributed by atoms with van der Waals surface area (Å²) < 4.78 is 11.3. The lowest BCUT2D eigenvalue weighted by Crippen LogP contribution is -2.12. The number of amides is 1. The minimum absolute atomic E-state index is 0.0637. The van der Waals surface area contributed by atoms with Gasteiger partial charge in [-0.15, -0.1) is 0 Å². The van der Waals surface area contributed by atoms with Gasteiger partial charge in [-0.2, -0.15) is 0 Å². The van der Waals surface area contributed by atoms with Crippen LogP contribution in [0.2, 0.25) is 5.02 Å². The molecule has 4 rings (SSSR count). The number of aromatic amines is 1. The van der Waals surface area contributed by atoms with Crippen LogP contribution in [-0.2, 0) is 11.2 Å². The Morgan fingerprint density at radius 2 is 1.93 bits per heavy atom. The Hall–Kier alpha value is -2.66. The maximum atomic E-state index is 12.3. The first-order chi connectivity index (χ1) is 13.2. The number of para-hydroxylation sites is 1. The van der Waals surface area contributed by atoms with E-state index in [1.165, 1.54) is 10.9 Å². The van der Waals surface area contributed by atoms with E-state index in [0.717, 1.165) is 24.8 Å². The number of carbonyl (C=O) groups is 1. The van der Waals surface area contributed by atoms with Crippen LogP contribution in [0.5, 0.6) is 11.5 Å². The second-order valence-corrected chi connectivity index (χ2v) is 7.00. The number of aryl methyl sites for hydroxylation is 1. The molecule has 0 saturated carbocycles. The van der Waals surface area contributed by atoms with Gasteiger partial charge in [-0.25, -0.2) is 0 Å². The van der Waals surface area contributed by atoms with Gasteiger partial charge in [0.15, 0.2) is 11.5 Å². The minimum Gasteiger partial charge on any atom is -0.490 e. The molecule has 0 aliphatic carbocycles. The minimum atomic E-state index is -0.0637. The number of hydrogen-bond donors (Lipinski definition) is 2. The summed E-state index contributed by atoms with van der Waals surface area (Å²) in [6, 6.07) is 11.6. The maximum absolute atomic E-state index is 12.3. The lowest BCUT2D eigenvalue weighted by Gasteiger charge is -2.12. The van der Waals surface area contributed by atoms with Gasteiger partial charge in [0.25, 0.3) is 0 Å². The average molecular weight is 385 g/mol. The average Bonchev–Trinajstić information content (AvgIpc) is 2.94. The molecule has 0 atom stereocenters. The third-order valence-electron chi connectivity index (χ3n) is 4.64. The highest BCUT2D eigenvalue weighted by molar-refractivity contribution is 6.34. The van der Waals surface area contributed by atoms with E-state index in [1.54, 1.807) is 12.1 Å². The van der Waals surface area contributed by atoms with Crippen molar-refractivity contribution in [1.29, 1.82) is 0 Å². The molecule has 1 amide bonds. The van der Waals surface area contributed by atoms with Crippen molar-refractivity contribution in [2.75, 3.05) is 18.5 Å². The molecule has 1 aliphatic rings. The van der Waals surface area contributed by atoms with Gasteiger partial charge in [-0.3, -0.25) is 4.79 Å². The zero-order valence-corrected chi connectivity index (χ0v) is 15.6. The van der Waals surface area contributed by atoms with Crippen molar-refractivity contribution in [1.82, 2.24) is 4.98 Å². The highest BCUT2D eigenvalue weighted by Crippen LogP contribution is 2.37. The zero-order chi connectivity index (χ0) is 18.6. The quantitative estimate of drug-likeness (QED) is 0.654. The largest absolute Gasteiger partial charge is 0.490 e. The molecule has 5 nitrogen and oxygen atoms in total. The summed E-state index contributed by atoms with van der Waals surface area (Å²) in [4.78, 5) is 15.6. The van der Waals surface area contributed by atoms with E-state index < -0.39 is 0 Å². The summed E-state index contributed by atoms with van der Waals surface area (Å²) in [5.74, 6) is 1.17. The summed E-state index contributed by atoms with van der Waals surface area (Å²) in [5, 5.41) is 4.54. The summed E-state index contributed by atoms with van der Waals surface area (Å²) in [7, 11) is 0. The van der Waals surface area contributed by atoms with Gasteiger partial charge >= 0.3 is 0 Å². The molecule has 0 unspecified atom stereocenters. The Kier molecular flexibility index (Phi) is 5.21. The van der Waals surface area contributed by atoms with Crippen molar-refractivity contribution in [3.63, 3.8) is 0 Å². The molecule has 2 heterocycles. The molecule has 6 heteroatoms. The monoisotopic (exact) mass is 384 g/mol. The number of ether oxygens (including phenoxy) is 2. The van der Waals surface area contributed by atoms with Crippen molar-refractivity contribution in [2.45, 2.75) is 25.7 Å². The second kappa shape index (κ2) is 7.92. The number of benzene rings is 2. The number of anilines is 1. The van der Waals surface area contributed by atoms with Crippen LogP contribution in [0.15, 0.2) is 42.6 Å². The van der Waals surface area contributed by atoms with Crippen LogP contribution >= 0.6 is 11.6 Å². The Morgan fingerprint density at radius 3 is 2.78 bits per heavy atom. The van der Waals surface area contributed by atoms with Crippen LogP contribution in [0.1, 0.15) is 24.8 Å². The van der Waals surface area contributed by atoms with Gasteiger partial charge in [0, 0.05) is 42.1 Å². The number of halogens is 1. The molecule has 0 radical (unpaired) electrons. The van der Waals surface area contributed by atoms with Gasteiger partial charge < -0.3 is 19.8 Å². The van der Waals surface area contributed by atoms with Crippen LogP contribution < -0.4 is 14.8 Å². The predicted molar refractivity (Wildman–Crippen MR) is 107 cm³/mol. The maximum Gasteiger partial charge on any atom is 0.224 e. The number of nitrogens with one attached hydrogen (secondary N) is 2. The Bertz CT molecular complexity index is 967. The topological polar surface area (TPSA) is 63.4 Å². The van der Waals surface area contributed by atoms with E-state index in [9.17, 15) is 4.79 Å². The summed E-state index contributed by atoms with van der Waals surface area (Å²) >= 11 is 6.28. The fourth-order valence-electron chi connectivity index (χ4n) is 3.27. The molecule has 1 aromatic heterocycles. The standard InChI is InChI=1S/C21H21ClN2O3/c22-16-11-19-20(27-10-4-9-26-19)12-18(16)24-21(25)8-3-5-14-13-23-17-7-2-1-6-15(14)17/h1-2,6-7,11-13,23H,3-5,8-10H2,(H,24,25). The second-order valence-electron chi connectivity index (χ2n) is 6.59. The van der Waals surface area contributed by atoms with E-state index in [1.807, 2.05) is 18.3 Å². The van der Waals surface area contributed by atoms with Gasteiger partial charge in [0.2, 0.25) is 5.91 Å². The number of carbonyl (C=O) groups excluding carboxylic acids is 1. The fourth-order valence-corrected chi connectivity index (χ4v) is 3.47. The molecular weight excluding hydrogens is 364 g/mol. The Morgan fingerprint density at radius 1 is 1.15 bits per heavy atom. The van der Waals surface area contributed by atoms with Crippen molar-refractivity contribution < 1.29 is 14.3 Å². The van der Waals surface area contributed by atoms with Gasteiger partial charge in [0.05, 0.1) is 23.9 Å². The van der Waals surface area contributed by atoms with E-state index in [2.05, 4.69) is 22.4 Å². The van der Waals surface area contributed by atoms with Crippen molar-refractivity contribution in [2.24, 2.45) is 0 Å². The Labute approximate surface area is 162 Å². The van der Waals surface area contributed by atoms with Crippen LogP contribution in [0, 0.1) is 0 Å².